The highest BCUT2D eigenvalue weighted by atomic mass is 127. The zero-order chi connectivity index (χ0) is 19.4. The van der Waals surface area contributed by atoms with Crippen molar-refractivity contribution in [1.29, 1.82) is 0 Å². The van der Waals surface area contributed by atoms with Crippen molar-refractivity contribution in [3.05, 3.63) is 57.2 Å². The fourth-order valence-corrected chi connectivity index (χ4v) is 4.33. The van der Waals surface area contributed by atoms with E-state index < -0.39 is 10.0 Å². The summed E-state index contributed by atoms with van der Waals surface area (Å²) < 4.78 is 33.7. The number of anilines is 1. The number of sulfonamides is 1. The van der Waals surface area contributed by atoms with Crippen molar-refractivity contribution < 1.29 is 17.9 Å². The van der Waals surface area contributed by atoms with Crippen LogP contribution in [0.25, 0.3) is 0 Å². The van der Waals surface area contributed by atoms with E-state index in [9.17, 15) is 13.2 Å². The predicted octanol–water partition coefficient (Wildman–Crippen LogP) is 3.31. The smallest absolute Gasteiger partial charge is 0.255 e. The van der Waals surface area contributed by atoms with Crippen LogP contribution in [-0.4, -0.2) is 33.6 Å². The maximum atomic E-state index is 12.4. The van der Waals surface area contributed by atoms with Gasteiger partial charge in [0, 0.05) is 28.0 Å². The van der Waals surface area contributed by atoms with Gasteiger partial charge in [0.2, 0.25) is 10.0 Å². The first kappa shape index (κ1) is 20.2. The summed E-state index contributed by atoms with van der Waals surface area (Å²) in [6.45, 7) is 2.93. The number of amides is 1. The standard InChI is InChI=1S/C19H21IN2O4S/c1-13-4-5-14(11-18(13)20)19(23)22-15-6-8-17(9-7-15)27(24,25)21-12-16-3-2-10-26-16/h4-9,11,16,21H,2-3,10,12H2,1H3,(H,22,23). The summed E-state index contributed by atoms with van der Waals surface area (Å²) in [6.07, 6.45) is 1.77. The molecule has 144 valence electrons. The molecule has 0 aromatic heterocycles. The van der Waals surface area contributed by atoms with E-state index in [0.29, 0.717) is 17.9 Å². The minimum atomic E-state index is -3.60. The topological polar surface area (TPSA) is 84.5 Å². The van der Waals surface area contributed by atoms with Crippen molar-refractivity contribution in [1.82, 2.24) is 4.72 Å². The molecule has 1 unspecified atom stereocenters. The number of hydrogen-bond donors (Lipinski definition) is 2. The van der Waals surface area contributed by atoms with E-state index in [1.54, 1.807) is 18.2 Å². The Morgan fingerprint density at radius 2 is 1.96 bits per heavy atom. The quantitative estimate of drug-likeness (QED) is 0.597. The van der Waals surface area contributed by atoms with Crippen LogP contribution >= 0.6 is 22.6 Å². The fourth-order valence-electron chi connectivity index (χ4n) is 2.75. The molecule has 0 spiro atoms. The SMILES string of the molecule is Cc1ccc(C(=O)Nc2ccc(S(=O)(=O)NCC3CCCO3)cc2)cc1I. The molecular formula is C19H21IN2O4S. The molecule has 1 fully saturated rings. The molecule has 27 heavy (non-hydrogen) atoms. The Kier molecular flexibility index (Phi) is 6.51. The van der Waals surface area contributed by atoms with E-state index in [1.807, 2.05) is 19.1 Å². The van der Waals surface area contributed by atoms with Gasteiger partial charge in [-0.1, -0.05) is 6.07 Å². The molecule has 1 amide bonds. The largest absolute Gasteiger partial charge is 0.377 e. The van der Waals surface area contributed by atoms with Gasteiger partial charge in [-0.2, -0.15) is 0 Å². The summed E-state index contributed by atoms with van der Waals surface area (Å²) in [5.74, 6) is -0.236. The van der Waals surface area contributed by atoms with Gasteiger partial charge in [0.25, 0.3) is 5.91 Å². The Bertz CT molecular complexity index is 923. The average molecular weight is 500 g/mol. The molecule has 0 bridgehead atoms. The lowest BCUT2D eigenvalue weighted by molar-refractivity contribution is 0.102. The Labute approximate surface area is 172 Å². The highest BCUT2D eigenvalue weighted by Crippen LogP contribution is 2.18. The summed E-state index contributed by atoms with van der Waals surface area (Å²) in [4.78, 5) is 12.5. The molecule has 1 atom stereocenters. The molecule has 1 aliphatic heterocycles. The zero-order valence-corrected chi connectivity index (χ0v) is 17.8. The minimum Gasteiger partial charge on any atom is -0.377 e. The molecule has 0 saturated carbocycles. The van der Waals surface area contributed by atoms with Gasteiger partial charge >= 0.3 is 0 Å². The van der Waals surface area contributed by atoms with Crippen LogP contribution in [0.15, 0.2) is 47.4 Å². The number of carbonyl (C=O) groups excluding carboxylic acids is 1. The van der Waals surface area contributed by atoms with Crippen LogP contribution in [0.3, 0.4) is 0 Å². The Hall–Kier alpha value is -1.49. The fraction of sp³-hybridized carbons (Fsp3) is 0.316. The molecule has 6 nitrogen and oxygen atoms in total. The number of nitrogens with one attached hydrogen (secondary N) is 2. The van der Waals surface area contributed by atoms with E-state index in [2.05, 4.69) is 32.6 Å². The normalized spacial score (nSPS) is 17.0. The van der Waals surface area contributed by atoms with Crippen LogP contribution < -0.4 is 10.0 Å². The van der Waals surface area contributed by atoms with Crippen LogP contribution in [0.4, 0.5) is 5.69 Å². The first-order valence-electron chi connectivity index (χ1n) is 8.64. The van der Waals surface area contributed by atoms with Crippen LogP contribution in [-0.2, 0) is 14.8 Å². The molecule has 3 rings (SSSR count). The molecular weight excluding hydrogens is 479 g/mol. The molecule has 0 radical (unpaired) electrons. The van der Waals surface area contributed by atoms with Crippen molar-refractivity contribution in [2.45, 2.75) is 30.8 Å². The lowest BCUT2D eigenvalue weighted by atomic mass is 10.1. The summed E-state index contributed by atoms with van der Waals surface area (Å²) in [7, 11) is -3.60. The van der Waals surface area contributed by atoms with E-state index in [4.69, 9.17) is 4.74 Å². The van der Waals surface area contributed by atoms with Gasteiger partial charge < -0.3 is 10.1 Å². The number of ether oxygens (including phenoxy) is 1. The van der Waals surface area contributed by atoms with Crippen LogP contribution in [0.1, 0.15) is 28.8 Å². The van der Waals surface area contributed by atoms with Crippen molar-refractivity contribution in [3.63, 3.8) is 0 Å². The Balaban J connectivity index is 1.63. The third kappa shape index (κ3) is 5.28. The minimum absolute atomic E-state index is 0.0596. The number of hydrogen-bond acceptors (Lipinski definition) is 4. The Morgan fingerprint density at radius 1 is 1.22 bits per heavy atom. The van der Waals surface area contributed by atoms with Gasteiger partial charge in [-0.15, -0.1) is 0 Å². The summed E-state index contributed by atoms with van der Waals surface area (Å²) in [6, 6.07) is 11.6. The molecule has 2 aromatic carbocycles. The lowest BCUT2D eigenvalue weighted by Crippen LogP contribution is -2.31. The maximum absolute atomic E-state index is 12.4. The second-order valence-corrected chi connectivity index (χ2v) is 9.36. The van der Waals surface area contributed by atoms with Gasteiger partial charge in [0.05, 0.1) is 11.0 Å². The third-order valence-electron chi connectivity index (χ3n) is 4.38. The van der Waals surface area contributed by atoms with E-state index in [0.717, 1.165) is 22.0 Å². The van der Waals surface area contributed by atoms with E-state index in [-0.39, 0.29) is 23.5 Å². The number of benzene rings is 2. The molecule has 1 aliphatic rings. The predicted molar refractivity (Wildman–Crippen MR) is 112 cm³/mol. The van der Waals surface area contributed by atoms with Crippen molar-refractivity contribution in [2.75, 3.05) is 18.5 Å². The summed E-state index contributed by atoms with van der Waals surface area (Å²) in [5.41, 5.74) is 2.20. The van der Waals surface area contributed by atoms with E-state index >= 15 is 0 Å². The van der Waals surface area contributed by atoms with Crippen LogP contribution in [0.5, 0.6) is 0 Å². The van der Waals surface area contributed by atoms with Gasteiger partial charge in [-0.3, -0.25) is 4.79 Å². The van der Waals surface area contributed by atoms with Gasteiger partial charge in [-0.05, 0) is 84.3 Å². The highest BCUT2D eigenvalue weighted by molar-refractivity contribution is 14.1. The summed E-state index contributed by atoms with van der Waals surface area (Å²) >= 11 is 2.19. The van der Waals surface area contributed by atoms with Gasteiger partial charge in [-0.25, -0.2) is 13.1 Å². The van der Waals surface area contributed by atoms with E-state index in [1.165, 1.54) is 12.1 Å². The second kappa shape index (κ2) is 8.68. The maximum Gasteiger partial charge on any atom is 0.255 e. The first-order valence-corrected chi connectivity index (χ1v) is 11.2. The molecule has 1 heterocycles. The van der Waals surface area contributed by atoms with Crippen LogP contribution in [0.2, 0.25) is 0 Å². The number of carbonyl (C=O) groups is 1. The molecule has 2 N–H and O–H groups in total. The third-order valence-corrected chi connectivity index (χ3v) is 6.98. The zero-order valence-electron chi connectivity index (χ0n) is 14.9. The van der Waals surface area contributed by atoms with Crippen molar-refractivity contribution >= 4 is 44.2 Å². The van der Waals surface area contributed by atoms with Crippen molar-refractivity contribution in [2.24, 2.45) is 0 Å². The number of rotatable bonds is 6. The summed E-state index contributed by atoms with van der Waals surface area (Å²) in [5, 5.41) is 2.78. The lowest BCUT2D eigenvalue weighted by Gasteiger charge is -2.12. The van der Waals surface area contributed by atoms with Crippen molar-refractivity contribution in [3.8, 4) is 0 Å². The molecule has 8 heteroatoms. The van der Waals surface area contributed by atoms with Crippen LogP contribution in [0, 0.1) is 10.5 Å². The molecule has 0 aliphatic carbocycles. The molecule has 2 aromatic rings. The number of aryl methyl sites for hydroxylation is 1. The Morgan fingerprint density at radius 3 is 2.59 bits per heavy atom. The number of halogens is 1. The van der Waals surface area contributed by atoms with Gasteiger partial charge in [0.1, 0.15) is 0 Å². The monoisotopic (exact) mass is 500 g/mol. The first-order chi connectivity index (χ1) is 12.8. The highest BCUT2D eigenvalue weighted by Gasteiger charge is 2.20. The second-order valence-electron chi connectivity index (χ2n) is 6.43. The van der Waals surface area contributed by atoms with Gasteiger partial charge in [0.15, 0.2) is 0 Å². The average Bonchev–Trinajstić information content (AvgIpc) is 3.16. The molecule has 1 saturated heterocycles.